The fraction of sp³-hybridized carbons (Fsp3) is 0.750. The average molecular weight is 186 g/mol. The fourth-order valence-electron chi connectivity index (χ4n) is 1.19. The van der Waals surface area contributed by atoms with Crippen LogP contribution in [0, 0.1) is 0 Å². The van der Waals surface area contributed by atoms with E-state index in [0.717, 1.165) is 0 Å². The second-order valence-electron chi connectivity index (χ2n) is 3.86. The SMILES string of the molecule is CC(C)(CO)NC1CC(=O)NC1=O. The van der Waals surface area contributed by atoms with E-state index in [1.807, 2.05) is 0 Å². The Morgan fingerprint density at radius 1 is 1.62 bits per heavy atom. The van der Waals surface area contributed by atoms with Gasteiger partial charge in [-0.3, -0.25) is 20.2 Å². The molecule has 0 spiro atoms. The molecule has 1 aliphatic rings. The summed E-state index contributed by atoms with van der Waals surface area (Å²) in [4.78, 5) is 21.9. The van der Waals surface area contributed by atoms with Gasteiger partial charge in [-0.25, -0.2) is 0 Å². The van der Waals surface area contributed by atoms with Crippen LogP contribution >= 0.6 is 0 Å². The van der Waals surface area contributed by atoms with E-state index in [1.165, 1.54) is 0 Å². The number of carbonyl (C=O) groups excluding carboxylic acids is 2. The lowest BCUT2D eigenvalue weighted by molar-refractivity contribution is -0.125. The molecule has 1 rings (SSSR count). The summed E-state index contributed by atoms with van der Waals surface area (Å²) in [5.41, 5.74) is -0.535. The number of imide groups is 1. The molecule has 3 N–H and O–H groups in total. The van der Waals surface area contributed by atoms with Crippen LogP contribution in [0.25, 0.3) is 0 Å². The normalized spacial score (nSPS) is 23.5. The van der Waals surface area contributed by atoms with Crippen LogP contribution < -0.4 is 10.6 Å². The van der Waals surface area contributed by atoms with Crippen LogP contribution in [0.2, 0.25) is 0 Å². The van der Waals surface area contributed by atoms with Gasteiger partial charge in [0.25, 0.3) is 0 Å². The first-order valence-electron chi connectivity index (χ1n) is 4.17. The summed E-state index contributed by atoms with van der Waals surface area (Å²) < 4.78 is 0. The van der Waals surface area contributed by atoms with Crippen molar-refractivity contribution in [3.8, 4) is 0 Å². The third kappa shape index (κ3) is 2.50. The molecule has 0 aliphatic carbocycles. The number of hydrogen-bond acceptors (Lipinski definition) is 4. The maximum Gasteiger partial charge on any atom is 0.244 e. The topological polar surface area (TPSA) is 78.4 Å². The predicted molar refractivity (Wildman–Crippen MR) is 45.9 cm³/mol. The molecule has 1 aliphatic heterocycles. The van der Waals surface area contributed by atoms with E-state index < -0.39 is 11.6 Å². The molecule has 0 saturated carbocycles. The second kappa shape index (κ2) is 3.43. The van der Waals surface area contributed by atoms with Gasteiger partial charge in [-0.1, -0.05) is 0 Å². The largest absolute Gasteiger partial charge is 0.394 e. The van der Waals surface area contributed by atoms with E-state index >= 15 is 0 Å². The molecule has 13 heavy (non-hydrogen) atoms. The highest BCUT2D eigenvalue weighted by atomic mass is 16.3. The van der Waals surface area contributed by atoms with Crippen LogP contribution in [0.15, 0.2) is 0 Å². The van der Waals surface area contributed by atoms with Crippen molar-refractivity contribution >= 4 is 11.8 Å². The molecule has 5 nitrogen and oxygen atoms in total. The maximum atomic E-state index is 11.1. The third-order valence-electron chi connectivity index (χ3n) is 1.93. The van der Waals surface area contributed by atoms with Crippen molar-refractivity contribution in [3.63, 3.8) is 0 Å². The Bertz CT molecular complexity index is 238. The van der Waals surface area contributed by atoms with E-state index in [2.05, 4.69) is 10.6 Å². The molecule has 5 heteroatoms. The molecule has 0 aromatic carbocycles. The van der Waals surface area contributed by atoms with Gasteiger partial charge in [-0.15, -0.1) is 0 Å². The summed E-state index contributed by atoms with van der Waals surface area (Å²) in [6.45, 7) is 3.46. The van der Waals surface area contributed by atoms with Crippen LogP contribution in [0.4, 0.5) is 0 Å². The number of aliphatic hydroxyl groups is 1. The van der Waals surface area contributed by atoms with Crippen LogP contribution in [0.3, 0.4) is 0 Å². The Kier molecular flexibility index (Phi) is 2.68. The summed E-state index contributed by atoms with van der Waals surface area (Å²) in [5.74, 6) is -0.581. The first-order valence-corrected chi connectivity index (χ1v) is 4.17. The van der Waals surface area contributed by atoms with Gasteiger partial charge in [0.05, 0.1) is 19.1 Å². The number of nitrogens with one attached hydrogen (secondary N) is 2. The number of amides is 2. The van der Waals surface area contributed by atoms with Gasteiger partial charge in [0.15, 0.2) is 0 Å². The van der Waals surface area contributed by atoms with Gasteiger partial charge in [0, 0.05) is 5.54 Å². The van der Waals surface area contributed by atoms with Crippen molar-refractivity contribution in [2.24, 2.45) is 0 Å². The lowest BCUT2D eigenvalue weighted by atomic mass is 10.0. The highest BCUT2D eigenvalue weighted by Crippen LogP contribution is 2.08. The second-order valence-corrected chi connectivity index (χ2v) is 3.86. The Labute approximate surface area is 76.5 Å². The minimum absolute atomic E-state index is 0.0784. The molecule has 0 aromatic heterocycles. The van der Waals surface area contributed by atoms with Gasteiger partial charge in [0.1, 0.15) is 0 Å². The molecule has 1 atom stereocenters. The zero-order chi connectivity index (χ0) is 10.1. The Morgan fingerprint density at radius 2 is 2.23 bits per heavy atom. The number of hydrogen-bond donors (Lipinski definition) is 3. The van der Waals surface area contributed by atoms with E-state index in [4.69, 9.17) is 5.11 Å². The lowest BCUT2D eigenvalue weighted by Crippen LogP contribution is -2.51. The van der Waals surface area contributed by atoms with Gasteiger partial charge in [0.2, 0.25) is 11.8 Å². The Balaban J connectivity index is 2.55. The molecule has 1 heterocycles. The number of aliphatic hydroxyl groups excluding tert-OH is 1. The summed E-state index contributed by atoms with van der Waals surface area (Å²) in [6, 6.07) is -0.505. The Morgan fingerprint density at radius 3 is 2.62 bits per heavy atom. The Hall–Kier alpha value is -0.940. The van der Waals surface area contributed by atoms with E-state index in [1.54, 1.807) is 13.8 Å². The van der Waals surface area contributed by atoms with Crippen molar-refractivity contribution in [2.75, 3.05) is 6.61 Å². The molecule has 1 unspecified atom stereocenters. The summed E-state index contributed by atoms with van der Waals surface area (Å²) in [6.07, 6.45) is 0.155. The third-order valence-corrected chi connectivity index (χ3v) is 1.93. The smallest absolute Gasteiger partial charge is 0.244 e. The summed E-state index contributed by atoms with van der Waals surface area (Å²) in [7, 11) is 0. The highest BCUT2D eigenvalue weighted by Gasteiger charge is 2.34. The van der Waals surface area contributed by atoms with Gasteiger partial charge < -0.3 is 5.11 Å². The summed E-state index contributed by atoms with van der Waals surface area (Å²) in [5, 5.41) is 14.0. The van der Waals surface area contributed by atoms with Crippen LogP contribution in [0.5, 0.6) is 0 Å². The van der Waals surface area contributed by atoms with Crippen LogP contribution in [-0.4, -0.2) is 35.1 Å². The molecule has 74 valence electrons. The molecule has 0 radical (unpaired) electrons. The standard InChI is InChI=1S/C8H14N2O3/c1-8(2,4-11)10-5-3-6(12)9-7(5)13/h5,10-11H,3-4H2,1-2H3,(H,9,12,13). The molecular formula is C8H14N2O3. The van der Waals surface area contributed by atoms with Gasteiger partial charge in [-0.05, 0) is 13.8 Å². The number of rotatable bonds is 3. The highest BCUT2D eigenvalue weighted by molar-refractivity contribution is 6.05. The van der Waals surface area contributed by atoms with Crippen LogP contribution in [-0.2, 0) is 9.59 Å². The van der Waals surface area contributed by atoms with E-state index in [0.29, 0.717) is 0 Å². The monoisotopic (exact) mass is 186 g/mol. The van der Waals surface area contributed by atoms with Crippen molar-refractivity contribution in [2.45, 2.75) is 31.8 Å². The minimum Gasteiger partial charge on any atom is -0.394 e. The van der Waals surface area contributed by atoms with Crippen molar-refractivity contribution < 1.29 is 14.7 Å². The molecular weight excluding hydrogens is 172 g/mol. The minimum atomic E-state index is -0.535. The van der Waals surface area contributed by atoms with Crippen molar-refractivity contribution in [1.82, 2.24) is 10.6 Å². The lowest BCUT2D eigenvalue weighted by Gasteiger charge is -2.26. The first-order chi connectivity index (χ1) is 5.94. The molecule has 1 fully saturated rings. The first kappa shape index (κ1) is 10.1. The van der Waals surface area contributed by atoms with Crippen molar-refractivity contribution in [3.05, 3.63) is 0 Å². The summed E-state index contributed by atoms with van der Waals surface area (Å²) >= 11 is 0. The van der Waals surface area contributed by atoms with E-state index in [-0.39, 0.29) is 24.8 Å². The zero-order valence-corrected chi connectivity index (χ0v) is 7.76. The molecule has 1 saturated heterocycles. The quantitative estimate of drug-likeness (QED) is 0.482. The van der Waals surface area contributed by atoms with E-state index in [9.17, 15) is 9.59 Å². The molecule has 0 bridgehead atoms. The van der Waals surface area contributed by atoms with Crippen LogP contribution in [0.1, 0.15) is 20.3 Å². The molecule has 2 amide bonds. The molecule has 0 aromatic rings. The van der Waals surface area contributed by atoms with Gasteiger partial charge >= 0.3 is 0 Å². The average Bonchev–Trinajstić information content (AvgIpc) is 2.30. The maximum absolute atomic E-state index is 11.1. The number of carbonyl (C=O) groups is 2. The fourth-order valence-corrected chi connectivity index (χ4v) is 1.19. The predicted octanol–water partition coefficient (Wildman–Crippen LogP) is -1.24. The van der Waals surface area contributed by atoms with Gasteiger partial charge in [-0.2, -0.15) is 0 Å². The van der Waals surface area contributed by atoms with Crippen molar-refractivity contribution in [1.29, 1.82) is 0 Å². The zero-order valence-electron chi connectivity index (χ0n) is 7.76.